The summed E-state index contributed by atoms with van der Waals surface area (Å²) < 4.78 is 11.2. The first-order valence-corrected chi connectivity index (χ1v) is 11.1. The molecule has 0 saturated heterocycles. The van der Waals surface area contributed by atoms with Gasteiger partial charge < -0.3 is 19.7 Å². The highest BCUT2D eigenvalue weighted by molar-refractivity contribution is 6.30. The van der Waals surface area contributed by atoms with Crippen LogP contribution in [0.15, 0.2) is 42.5 Å². The lowest BCUT2D eigenvalue weighted by Crippen LogP contribution is -2.47. The lowest BCUT2D eigenvalue weighted by Gasteiger charge is -2.29. The van der Waals surface area contributed by atoms with E-state index in [4.69, 9.17) is 21.1 Å². The summed E-state index contributed by atoms with van der Waals surface area (Å²) >= 11 is 6.11. The minimum atomic E-state index is -0.585. The van der Waals surface area contributed by atoms with Gasteiger partial charge in [0.25, 0.3) is 0 Å². The van der Waals surface area contributed by atoms with Crippen LogP contribution in [0.5, 0.6) is 11.5 Å². The Labute approximate surface area is 188 Å². The van der Waals surface area contributed by atoms with E-state index < -0.39 is 6.04 Å². The molecule has 1 aliphatic heterocycles. The van der Waals surface area contributed by atoms with E-state index in [1.54, 1.807) is 17.9 Å². The van der Waals surface area contributed by atoms with Crippen LogP contribution in [0, 0.1) is 0 Å². The third-order valence-corrected chi connectivity index (χ3v) is 5.43. The number of amides is 2. The smallest absolute Gasteiger partial charge is 0.242 e. The van der Waals surface area contributed by atoms with E-state index in [2.05, 4.69) is 5.32 Å². The molecule has 1 aliphatic rings. The lowest BCUT2D eigenvalue weighted by atomic mass is 10.1. The van der Waals surface area contributed by atoms with Gasteiger partial charge in [-0.25, -0.2) is 0 Å². The van der Waals surface area contributed by atoms with Crippen molar-refractivity contribution < 1.29 is 19.1 Å². The number of hydrogen-bond acceptors (Lipinski definition) is 4. The van der Waals surface area contributed by atoms with Gasteiger partial charge in [0.2, 0.25) is 11.8 Å². The number of nitrogens with zero attached hydrogens (tertiary/aromatic N) is 1. The molecule has 31 heavy (non-hydrogen) atoms. The second-order valence-electron chi connectivity index (χ2n) is 7.60. The Kier molecular flexibility index (Phi) is 8.18. The molecule has 6 nitrogen and oxygen atoms in total. The average molecular weight is 445 g/mol. The summed E-state index contributed by atoms with van der Waals surface area (Å²) in [4.78, 5) is 27.4. The van der Waals surface area contributed by atoms with Crippen LogP contribution in [0.4, 0.5) is 0 Å². The van der Waals surface area contributed by atoms with Gasteiger partial charge in [-0.3, -0.25) is 9.59 Å². The molecule has 1 N–H and O–H groups in total. The van der Waals surface area contributed by atoms with Crippen molar-refractivity contribution in [1.29, 1.82) is 0 Å². The molecule has 166 valence electrons. The maximum Gasteiger partial charge on any atom is 0.242 e. The fourth-order valence-corrected chi connectivity index (χ4v) is 3.66. The van der Waals surface area contributed by atoms with Gasteiger partial charge in [0.1, 0.15) is 19.3 Å². The van der Waals surface area contributed by atoms with Crippen molar-refractivity contribution in [2.75, 3.05) is 19.8 Å². The van der Waals surface area contributed by atoms with E-state index in [0.717, 1.165) is 23.3 Å². The van der Waals surface area contributed by atoms with Gasteiger partial charge in [0.15, 0.2) is 11.5 Å². The summed E-state index contributed by atoms with van der Waals surface area (Å²) in [5, 5.41) is 3.48. The molecular weight excluding hydrogens is 416 g/mol. The summed E-state index contributed by atoms with van der Waals surface area (Å²) in [5.74, 6) is 1.19. The normalized spacial score (nSPS) is 13.4. The molecule has 2 aromatic rings. The highest BCUT2D eigenvalue weighted by Gasteiger charge is 2.26. The number of halogens is 1. The Morgan fingerprint density at radius 2 is 1.87 bits per heavy atom. The molecule has 0 radical (unpaired) electrons. The molecule has 2 aromatic carbocycles. The Morgan fingerprint density at radius 3 is 2.61 bits per heavy atom. The quantitative estimate of drug-likeness (QED) is 0.635. The summed E-state index contributed by atoms with van der Waals surface area (Å²) in [6, 6.07) is 12.5. The Hall–Kier alpha value is -2.73. The molecule has 1 heterocycles. The van der Waals surface area contributed by atoms with Gasteiger partial charge in [-0.15, -0.1) is 0 Å². The van der Waals surface area contributed by atoms with E-state index >= 15 is 0 Å². The first-order chi connectivity index (χ1) is 15.0. The van der Waals surface area contributed by atoms with E-state index in [-0.39, 0.29) is 18.2 Å². The summed E-state index contributed by atoms with van der Waals surface area (Å²) in [5.41, 5.74) is 1.87. The molecule has 7 heteroatoms. The SMILES string of the molecule is CCCNC(=O)C(C)N(Cc1cccc(Cl)c1)C(=O)CCc1ccc2c(c1)OCCO2. The molecule has 1 unspecified atom stereocenters. The van der Waals surface area contributed by atoms with E-state index in [9.17, 15) is 9.59 Å². The second kappa shape index (κ2) is 11.0. The highest BCUT2D eigenvalue weighted by atomic mass is 35.5. The van der Waals surface area contributed by atoms with Crippen LogP contribution >= 0.6 is 11.6 Å². The fraction of sp³-hybridized carbons (Fsp3) is 0.417. The number of aryl methyl sites for hydroxylation is 1. The van der Waals surface area contributed by atoms with Gasteiger partial charge in [-0.05, 0) is 55.2 Å². The zero-order chi connectivity index (χ0) is 22.2. The monoisotopic (exact) mass is 444 g/mol. The topological polar surface area (TPSA) is 67.9 Å². The zero-order valence-electron chi connectivity index (χ0n) is 18.0. The van der Waals surface area contributed by atoms with Crippen molar-refractivity contribution in [2.24, 2.45) is 0 Å². The highest BCUT2D eigenvalue weighted by Crippen LogP contribution is 2.31. The van der Waals surface area contributed by atoms with Crippen LogP contribution < -0.4 is 14.8 Å². The molecule has 0 bridgehead atoms. The standard InChI is InChI=1S/C24H29ClN2O4/c1-3-11-26-24(29)17(2)27(16-19-5-4-6-20(25)14-19)23(28)10-8-18-7-9-21-22(15-18)31-13-12-30-21/h4-7,9,14-15,17H,3,8,10-13,16H2,1-2H3,(H,26,29). The first-order valence-electron chi connectivity index (χ1n) is 10.7. The van der Waals surface area contributed by atoms with Crippen molar-refractivity contribution in [1.82, 2.24) is 10.2 Å². The first kappa shape index (κ1) is 22.9. The largest absolute Gasteiger partial charge is 0.486 e. The van der Waals surface area contributed by atoms with E-state index in [1.165, 1.54) is 0 Å². The Bertz CT molecular complexity index is 918. The molecule has 0 fully saturated rings. The Morgan fingerprint density at radius 1 is 1.10 bits per heavy atom. The number of nitrogens with one attached hydrogen (secondary N) is 1. The van der Waals surface area contributed by atoms with Crippen LogP contribution in [-0.2, 0) is 22.6 Å². The predicted molar refractivity (Wildman–Crippen MR) is 121 cm³/mol. The van der Waals surface area contributed by atoms with Crippen molar-refractivity contribution in [3.63, 3.8) is 0 Å². The van der Waals surface area contributed by atoms with Crippen molar-refractivity contribution >= 4 is 23.4 Å². The summed E-state index contributed by atoms with van der Waals surface area (Å²) in [7, 11) is 0. The molecule has 0 aliphatic carbocycles. The van der Waals surface area contributed by atoms with Crippen LogP contribution in [0.2, 0.25) is 5.02 Å². The van der Waals surface area contributed by atoms with Gasteiger partial charge in [-0.1, -0.05) is 36.7 Å². The zero-order valence-corrected chi connectivity index (χ0v) is 18.8. The molecule has 1 atom stereocenters. The van der Waals surface area contributed by atoms with Gasteiger partial charge in [-0.2, -0.15) is 0 Å². The van der Waals surface area contributed by atoms with Crippen molar-refractivity contribution in [3.8, 4) is 11.5 Å². The van der Waals surface area contributed by atoms with Crippen LogP contribution in [-0.4, -0.2) is 42.5 Å². The molecule has 0 aromatic heterocycles. The van der Waals surface area contributed by atoms with Crippen LogP contribution in [0.25, 0.3) is 0 Å². The maximum atomic E-state index is 13.2. The third kappa shape index (κ3) is 6.37. The number of ether oxygens (including phenoxy) is 2. The van der Waals surface area contributed by atoms with Gasteiger partial charge in [0, 0.05) is 24.5 Å². The van der Waals surface area contributed by atoms with Gasteiger partial charge >= 0.3 is 0 Å². The predicted octanol–water partition coefficient (Wildman–Crippen LogP) is 3.99. The molecular formula is C24H29ClN2O4. The minimum Gasteiger partial charge on any atom is -0.486 e. The van der Waals surface area contributed by atoms with E-state index in [1.807, 2.05) is 43.3 Å². The molecule has 0 saturated carbocycles. The lowest BCUT2D eigenvalue weighted by molar-refractivity contribution is -0.140. The molecule has 3 rings (SSSR count). The molecule has 2 amide bonds. The second-order valence-corrected chi connectivity index (χ2v) is 8.03. The van der Waals surface area contributed by atoms with E-state index in [0.29, 0.717) is 43.5 Å². The number of fused-ring (bicyclic) bond motifs is 1. The number of hydrogen-bond donors (Lipinski definition) is 1. The summed E-state index contributed by atoms with van der Waals surface area (Å²) in [6.07, 6.45) is 1.67. The molecule has 0 spiro atoms. The van der Waals surface area contributed by atoms with Crippen molar-refractivity contribution in [3.05, 3.63) is 58.6 Å². The number of benzene rings is 2. The average Bonchev–Trinajstić information content (AvgIpc) is 2.78. The number of rotatable bonds is 9. The minimum absolute atomic E-state index is 0.0889. The van der Waals surface area contributed by atoms with Crippen molar-refractivity contribution in [2.45, 2.75) is 45.7 Å². The number of carbonyl (C=O) groups is 2. The summed E-state index contributed by atoms with van der Waals surface area (Å²) in [6.45, 7) is 5.72. The van der Waals surface area contributed by atoms with Gasteiger partial charge in [0.05, 0.1) is 0 Å². The van der Waals surface area contributed by atoms with Crippen LogP contribution in [0.3, 0.4) is 0 Å². The third-order valence-electron chi connectivity index (χ3n) is 5.19. The van der Waals surface area contributed by atoms with Crippen LogP contribution in [0.1, 0.15) is 37.8 Å². The number of carbonyl (C=O) groups excluding carboxylic acids is 2. The maximum absolute atomic E-state index is 13.2. The fourth-order valence-electron chi connectivity index (χ4n) is 3.45. The Balaban J connectivity index is 1.70.